The summed E-state index contributed by atoms with van der Waals surface area (Å²) >= 11 is 1.48. The van der Waals surface area contributed by atoms with E-state index in [1.807, 2.05) is 13.8 Å². The first-order valence-corrected chi connectivity index (χ1v) is 7.24. The minimum Gasteiger partial charge on any atom is -0.548 e. The zero-order valence-electron chi connectivity index (χ0n) is 10.9. The van der Waals surface area contributed by atoms with Crippen molar-refractivity contribution in [2.45, 2.75) is 31.7 Å². The molecular weight excluding hydrogens is 266 g/mol. The van der Waals surface area contributed by atoms with Crippen molar-refractivity contribution in [1.29, 1.82) is 0 Å². The normalized spacial score (nSPS) is 23.0. The predicted octanol–water partition coefficient (Wildman–Crippen LogP) is 0.959. The second-order valence-electron chi connectivity index (χ2n) is 4.94. The van der Waals surface area contributed by atoms with Gasteiger partial charge in [0, 0.05) is 5.75 Å². The van der Waals surface area contributed by atoms with Crippen LogP contribution < -0.4 is 5.11 Å². The Morgan fingerprint density at radius 1 is 1.58 bits per heavy atom. The van der Waals surface area contributed by atoms with Gasteiger partial charge in [0.05, 0.1) is 23.6 Å². The summed E-state index contributed by atoms with van der Waals surface area (Å²) in [5.41, 5.74) is 0. The summed E-state index contributed by atoms with van der Waals surface area (Å²) < 4.78 is 5.08. The first kappa shape index (κ1) is 14.0. The Balaban J connectivity index is 2.23. The first-order valence-electron chi connectivity index (χ1n) is 6.19. The van der Waals surface area contributed by atoms with Gasteiger partial charge in [-0.2, -0.15) is 0 Å². The van der Waals surface area contributed by atoms with Gasteiger partial charge in [-0.1, -0.05) is 13.8 Å². The number of nitrogens with zero attached hydrogens (tertiary/aromatic N) is 1. The van der Waals surface area contributed by atoms with Gasteiger partial charge in [-0.15, -0.1) is 11.8 Å². The quantitative estimate of drug-likeness (QED) is 0.822. The minimum absolute atomic E-state index is 0.138. The van der Waals surface area contributed by atoms with Gasteiger partial charge in [0.25, 0.3) is 5.91 Å². The molecule has 0 saturated carbocycles. The van der Waals surface area contributed by atoms with E-state index in [1.165, 1.54) is 22.9 Å². The molecule has 0 bridgehead atoms. The second kappa shape index (κ2) is 5.69. The topological polar surface area (TPSA) is 73.6 Å². The number of thioether (sulfide) groups is 1. The third-order valence-electron chi connectivity index (χ3n) is 3.00. The van der Waals surface area contributed by atoms with Crippen molar-refractivity contribution in [2.24, 2.45) is 5.92 Å². The summed E-state index contributed by atoms with van der Waals surface area (Å²) in [6.07, 6.45) is 2.16. The van der Waals surface area contributed by atoms with E-state index in [0.29, 0.717) is 11.7 Å². The first-order chi connectivity index (χ1) is 9.00. The zero-order chi connectivity index (χ0) is 14.0. The summed E-state index contributed by atoms with van der Waals surface area (Å²) in [5, 5.41) is 11.0. The SMILES string of the molecule is CC(C)C[C@H]1SC[C@@H](C(=O)[O-])N1C(=O)c1ccco1. The van der Waals surface area contributed by atoms with Crippen LogP contribution in [0.25, 0.3) is 0 Å². The Labute approximate surface area is 116 Å². The molecule has 0 spiro atoms. The van der Waals surface area contributed by atoms with Crippen molar-refractivity contribution in [1.82, 2.24) is 4.90 Å². The largest absolute Gasteiger partial charge is 0.548 e. The van der Waals surface area contributed by atoms with E-state index in [0.717, 1.165) is 6.42 Å². The average Bonchev–Trinajstić information content (AvgIpc) is 2.95. The Kier molecular flexibility index (Phi) is 4.19. The van der Waals surface area contributed by atoms with Gasteiger partial charge in [0.2, 0.25) is 0 Å². The molecule has 0 aromatic carbocycles. The van der Waals surface area contributed by atoms with E-state index in [9.17, 15) is 14.7 Å². The Morgan fingerprint density at radius 3 is 2.84 bits per heavy atom. The van der Waals surface area contributed by atoms with Crippen LogP contribution in [0.4, 0.5) is 0 Å². The maximum Gasteiger partial charge on any atom is 0.291 e. The van der Waals surface area contributed by atoms with E-state index in [2.05, 4.69) is 0 Å². The minimum atomic E-state index is -1.21. The molecule has 1 aliphatic rings. The summed E-state index contributed by atoms with van der Waals surface area (Å²) in [7, 11) is 0. The Bertz CT molecular complexity index is 457. The third-order valence-corrected chi connectivity index (χ3v) is 4.32. The van der Waals surface area contributed by atoms with Gasteiger partial charge in [-0.05, 0) is 24.5 Å². The summed E-state index contributed by atoms with van der Waals surface area (Å²) in [6.45, 7) is 4.09. The number of furan rings is 1. The maximum atomic E-state index is 12.3. The fourth-order valence-corrected chi connectivity index (χ4v) is 3.76. The lowest BCUT2D eigenvalue weighted by Crippen LogP contribution is -2.50. The molecule has 1 saturated heterocycles. The zero-order valence-corrected chi connectivity index (χ0v) is 11.7. The van der Waals surface area contributed by atoms with Crippen LogP contribution in [-0.2, 0) is 4.79 Å². The van der Waals surface area contributed by atoms with Gasteiger partial charge < -0.3 is 19.2 Å². The van der Waals surface area contributed by atoms with Crippen LogP contribution in [0.1, 0.15) is 30.8 Å². The van der Waals surface area contributed by atoms with E-state index in [-0.39, 0.29) is 17.0 Å². The maximum absolute atomic E-state index is 12.3. The highest BCUT2D eigenvalue weighted by molar-refractivity contribution is 8.00. The number of carbonyl (C=O) groups is 2. The molecule has 1 aliphatic heterocycles. The van der Waals surface area contributed by atoms with Crippen LogP contribution in [0.5, 0.6) is 0 Å². The lowest BCUT2D eigenvalue weighted by atomic mass is 10.1. The molecule has 0 unspecified atom stereocenters. The number of amides is 1. The van der Waals surface area contributed by atoms with Crippen LogP contribution in [0, 0.1) is 5.92 Å². The lowest BCUT2D eigenvalue weighted by Gasteiger charge is -2.30. The number of rotatable bonds is 4. The molecule has 1 amide bonds. The van der Waals surface area contributed by atoms with Crippen LogP contribution in [0.2, 0.25) is 0 Å². The molecule has 1 aromatic heterocycles. The van der Waals surface area contributed by atoms with Crippen molar-refractivity contribution in [2.75, 3.05) is 5.75 Å². The van der Waals surface area contributed by atoms with Gasteiger partial charge in [0.1, 0.15) is 0 Å². The van der Waals surface area contributed by atoms with Gasteiger partial charge >= 0.3 is 0 Å². The summed E-state index contributed by atoms with van der Waals surface area (Å²) in [5.74, 6) is -0.674. The number of carboxylic acid groups (broad SMARTS) is 1. The Morgan fingerprint density at radius 2 is 2.32 bits per heavy atom. The molecule has 2 heterocycles. The molecule has 0 aliphatic carbocycles. The van der Waals surface area contributed by atoms with Crippen LogP contribution in [-0.4, -0.2) is 33.9 Å². The molecule has 1 fully saturated rings. The highest BCUT2D eigenvalue weighted by atomic mass is 32.2. The van der Waals surface area contributed by atoms with Gasteiger partial charge in [-0.25, -0.2) is 0 Å². The molecule has 6 heteroatoms. The molecule has 2 atom stereocenters. The molecule has 1 aromatic rings. The highest BCUT2D eigenvalue weighted by Crippen LogP contribution is 2.34. The monoisotopic (exact) mass is 282 g/mol. The van der Waals surface area contributed by atoms with Crippen molar-refractivity contribution >= 4 is 23.6 Å². The molecule has 104 valence electrons. The fraction of sp³-hybridized carbons (Fsp3) is 0.538. The van der Waals surface area contributed by atoms with Gasteiger partial charge in [0.15, 0.2) is 5.76 Å². The van der Waals surface area contributed by atoms with E-state index >= 15 is 0 Å². The summed E-state index contributed by atoms with van der Waals surface area (Å²) in [4.78, 5) is 24.9. The van der Waals surface area contributed by atoms with Crippen LogP contribution in [0.3, 0.4) is 0 Å². The van der Waals surface area contributed by atoms with Crippen molar-refractivity contribution < 1.29 is 19.1 Å². The lowest BCUT2D eigenvalue weighted by molar-refractivity contribution is -0.310. The molecule has 0 radical (unpaired) electrons. The number of aliphatic carboxylic acids is 1. The van der Waals surface area contributed by atoms with Crippen LogP contribution >= 0.6 is 11.8 Å². The van der Waals surface area contributed by atoms with E-state index in [4.69, 9.17) is 4.42 Å². The average molecular weight is 282 g/mol. The second-order valence-corrected chi connectivity index (χ2v) is 6.15. The smallest absolute Gasteiger partial charge is 0.291 e. The van der Waals surface area contributed by atoms with Crippen molar-refractivity contribution in [3.63, 3.8) is 0 Å². The standard InChI is InChI=1S/C13H17NO4S/c1-8(2)6-11-14(9(7-19-11)13(16)17)12(15)10-4-3-5-18-10/h3-5,8-9,11H,6-7H2,1-2H3,(H,16,17)/p-1/t9-,11+/m0/s1. The molecule has 19 heavy (non-hydrogen) atoms. The molecule has 2 rings (SSSR count). The number of hydrogen-bond acceptors (Lipinski definition) is 5. The van der Waals surface area contributed by atoms with E-state index in [1.54, 1.807) is 12.1 Å². The fourth-order valence-electron chi connectivity index (χ4n) is 2.13. The molecule has 5 nitrogen and oxygen atoms in total. The number of carboxylic acids is 1. The molecule has 0 N–H and O–H groups in total. The number of carbonyl (C=O) groups excluding carboxylic acids is 2. The van der Waals surface area contributed by atoms with Crippen molar-refractivity contribution in [3.05, 3.63) is 24.2 Å². The number of hydrogen-bond donors (Lipinski definition) is 0. The van der Waals surface area contributed by atoms with E-state index < -0.39 is 12.0 Å². The van der Waals surface area contributed by atoms with Crippen LogP contribution in [0.15, 0.2) is 22.8 Å². The highest BCUT2D eigenvalue weighted by Gasteiger charge is 2.39. The third kappa shape index (κ3) is 2.94. The van der Waals surface area contributed by atoms with Crippen molar-refractivity contribution in [3.8, 4) is 0 Å². The Hall–Kier alpha value is -1.43. The predicted molar refractivity (Wildman–Crippen MR) is 69.4 cm³/mol. The molecular formula is C13H16NO4S-. The van der Waals surface area contributed by atoms with Gasteiger partial charge in [-0.3, -0.25) is 4.79 Å². The summed E-state index contributed by atoms with van der Waals surface area (Å²) in [6, 6.07) is 2.28.